The second kappa shape index (κ2) is 8.73. The summed E-state index contributed by atoms with van der Waals surface area (Å²) in [5, 5.41) is 4.54. The Bertz CT molecular complexity index is 2230. The summed E-state index contributed by atoms with van der Waals surface area (Å²) < 4.78 is 8.75. The van der Waals surface area contributed by atoms with Crippen LogP contribution >= 0.6 is 0 Å². The molecule has 0 spiro atoms. The van der Waals surface area contributed by atoms with Gasteiger partial charge in [-0.05, 0) is 59.2 Å². The standard InChI is InChI=1S/C37H22N2O/c1-38-27-20-26(21-28(23-27)39-34-16-7-5-12-30(34)31-13-6-8-17-35(31)39)29-14-9-15-32-33-22-25(24-10-3-2-4-11-24)18-19-36(33)40-37(29)32/h2-23H. The highest BCUT2D eigenvalue weighted by Gasteiger charge is 2.17. The summed E-state index contributed by atoms with van der Waals surface area (Å²) in [6.45, 7) is 7.90. The number of fused-ring (bicyclic) bond motifs is 6. The Balaban J connectivity index is 1.37. The average molecular weight is 511 g/mol. The van der Waals surface area contributed by atoms with Crippen molar-refractivity contribution >= 4 is 49.4 Å². The first-order valence-corrected chi connectivity index (χ1v) is 13.3. The number of rotatable bonds is 3. The maximum atomic E-state index is 7.90. The van der Waals surface area contributed by atoms with Gasteiger partial charge in [-0.3, -0.25) is 0 Å². The van der Waals surface area contributed by atoms with E-state index in [1.54, 1.807) is 0 Å². The maximum Gasteiger partial charge on any atom is 0.189 e. The highest BCUT2D eigenvalue weighted by Crippen LogP contribution is 2.40. The number of nitrogens with zero attached hydrogens (tertiary/aromatic N) is 2. The molecule has 2 aromatic heterocycles. The van der Waals surface area contributed by atoms with Crippen LogP contribution in [0.15, 0.2) is 138 Å². The molecule has 186 valence electrons. The fourth-order valence-corrected chi connectivity index (χ4v) is 5.98. The number of furan rings is 1. The maximum absolute atomic E-state index is 7.90. The summed E-state index contributed by atoms with van der Waals surface area (Å²) in [5.41, 5.74) is 9.73. The molecule has 8 rings (SSSR count). The van der Waals surface area contributed by atoms with E-state index in [0.717, 1.165) is 55.3 Å². The Hall–Kier alpha value is -5.59. The van der Waals surface area contributed by atoms with E-state index in [4.69, 9.17) is 11.0 Å². The van der Waals surface area contributed by atoms with E-state index in [1.165, 1.54) is 16.3 Å². The van der Waals surface area contributed by atoms with Crippen LogP contribution in [0.25, 0.3) is 76.5 Å². The van der Waals surface area contributed by atoms with Crippen LogP contribution in [0.2, 0.25) is 0 Å². The molecule has 0 saturated carbocycles. The minimum Gasteiger partial charge on any atom is -0.455 e. The molecule has 0 aliphatic carbocycles. The third-order valence-corrected chi connectivity index (χ3v) is 7.78. The second-order valence-corrected chi connectivity index (χ2v) is 10.1. The fourth-order valence-electron chi connectivity index (χ4n) is 5.98. The van der Waals surface area contributed by atoms with E-state index >= 15 is 0 Å². The van der Waals surface area contributed by atoms with Crippen molar-refractivity contribution in [3.05, 3.63) is 145 Å². The summed E-state index contributed by atoms with van der Waals surface area (Å²) >= 11 is 0. The van der Waals surface area contributed by atoms with Crippen molar-refractivity contribution in [1.82, 2.24) is 4.57 Å². The van der Waals surface area contributed by atoms with Gasteiger partial charge in [-0.25, -0.2) is 4.85 Å². The van der Waals surface area contributed by atoms with Crippen LogP contribution in [0, 0.1) is 6.57 Å². The van der Waals surface area contributed by atoms with Crippen LogP contribution < -0.4 is 0 Å². The fraction of sp³-hybridized carbons (Fsp3) is 0. The smallest absolute Gasteiger partial charge is 0.189 e. The predicted molar refractivity (Wildman–Crippen MR) is 165 cm³/mol. The lowest BCUT2D eigenvalue weighted by Gasteiger charge is -2.12. The van der Waals surface area contributed by atoms with Crippen molar-refractivity contribution in [3.8, 4) is 27.9 Å². The molecule has 3 heteroatoms. The summed E-state index contributed by atoms with van der Waals surface area (Å²) in [4.78, 5) is 3.86. The molecule has 0 atom stereocenters. The van der Waals surface area contributed by atoms with E-state index < -0.39 is 0 Å². The molecule has 0 aliphatic heterocycles. The van der Waals surface area contributed by atoms with E-state index in [2.05, 4.69) is 125 Å². The van der Waals surface area contributed by atoms with Gasteiger partial charge in [0.2, 0.25) is 0 Å². The third kappa shape index (κ3) is 3.37. The summed E-state index contributed by atoms with van der Waals surface area (Å²) in [6.07, 6.45) is 0. The normalized spacial score (nSPS) is 11.5. The number of benzene rings is 6. The molecule has 0 N–H and O–H groups in total. The van der Waals surface area contributed by atoms with E-state index in [0.29, 0.717) is 5.69 Å². The molecule has 2 heterocycles. The number of aromatic nitrogens is 1. The minimum atomic E-state index is 0.592. The number of para-hydroxylation sites is 3. The van der Waals surface area contributed by atoms with Gasteiger partial charge in [-0.15, -0.1) is 0 Å². The van der Waals surface area contributed by atoms with Crippen molar-refractivity contribution in [1.29, 1.82) is 0 Å². The Labute approximate surface area is 231 Å². The van der Waals surface area contributed by atoms with Gasteiger partial charge >= 0.3 is 0 Å². The summed E-state index contributed by atoms with van der Waals surface area (Å²) in [6, 6.07) is 46.0. The first kappa shape index (κ1) is 22.4. The lowest BCUT2D eigenvalue weighted by atomic mass is 9.99. The van der Waals surface area contributed by atoms with Crippen LogP contribution in [0.3, 0.4) is 0 Å². The van der Waals surface area contributed by atoms with E-state index in [9.17, 15) is 0 Å². The Morgan fingerprint density at radius 3 is 1.98 bits per heavy atom. The lowest BCUT2D eigenvalue weighted by molar-refractivity contribution is 0.670. The molecule has 6 aromatic carbocycles. The van der Waals surface area contributed by atoms with E-state index in [1.807, 2.05) is 18.2 Å². The number of hydrogen-bond donors (Lipinski definition) is 0. The molecule has 0 fully saturated rings. The van der Waals surface area contributed by atoms with Gasteiger partial charge in [0, 0.05) is 32.8 Å². The molecule has 0 aliphatic rings. The molecule has 0 amide bonds. The van der Waals surface area contributed by atoms with Gasteiger partial charge < -0.3 is 8.98 Å². The molecule has 8 aromatic rings. The monoisotopic (exact) mass is 510 g/mol. The Kier molecular flexibility index (Phi) is 4.89. The van der Waals surface area contributed by atoms with Gasteiger partial charge in [-0.1, -0.05) is 91.0 Å². The predicted octanol–water partition coefficient (Wildman–Crippen LogP) is 10.6. The zero-order chi connectivity index (χ0) is 26.6. The SMILES string of the molecule is [C-]#[N+]c1cc(-c2cccc3c2oc2ccc(-c4ccccc4)cc23)cc(-n2c3ccccc3c3ccccc32)c1. The van der Waals surface area contributed by atoms with Gasteiger partial charge in [-0.2, -0.15) is 0 Å². The highest BCUT2D eigenvalue weighted by atomic mass is 16.3. The molecule has 3 nitrogen and oxygen atoms in total. The van der Waals surface area contributed by atoms with Crippen LogP contribution in [-0.4, -0.2) is 4.57 Å². The van der Waals surface area contributed by atoms with Crippen molar-refractivity contribution < 1.29 is 4.42 Å². The third-order valence-electron chi connectivity index (χ3n) is 7.78. The topological polar surface area (TPSA) is 22.4 Å². The lowest BCUT2D eigenvalue weighted by Crippen LogP contribution is -1.94. The first-order chi connectivity index (χ1) is 19.8. The molecular formula is C37H22N2O. The molecule has 40 heavy (non-hydrogen) atoms. The van der Waals surface area contributed by atoms with Crippen LogP contribution in [0.1, 0.15) is 0 Å². The quantitative estimate of drug-likeness (QED) is 0.217. The number of hydrogen-bond acceptors (Lipinski definition) is 1. The summed E-state index contributed by atoms with van der Waals surface area (Å²) in [5.74, 6) is 0. The average Bonchev–Trinajstić information content (AvgIpc) is 3.57. The van der Waals surface area contributed by atoms with Crippen molar-refractivity contribution in [2.45, 2.75) is 0 Å². The van der Waals surface area contributed by atoms with Crippen molar-refractivity contribution in [2.75, 3.05) is 0 Å². The largest absolute Gasteiger partial charge is 0.455 e. The Morgan fingerprint density at radius 1 is 0.525 bits per heavy atom. The zero-order valence-electron chi connectivity index (χ0n) is 21.5. The van der Waals surface area contributed by atoms with Crippen LogP contribution in [-0.2, 0) is 0 Å². The summed E-state index contributed by atoms with van der Waals surface area (Å²) in [7, 11) is 0. The minimum absolute atomic E-state index is 0.592. The van der Waals surface area contributed by atoms with Gasteiger partial charge in [0.05, 0.1) is 17.6 Å². The van der Waals surface area contributed by atoms with Crippen LogP contribution in [0.4, 0.5) is 5.69 Å². The van der Waals surface area contributed by atoms with Gasteiger partial charge in [0.1, 0.15) is 11.2 Å². The molecule has 0 radical (unpaired) electrons. The second-order valence-electron chi connectivity index (χ2n) is 10.1. The van der Waals surface area contributed by atoms with Gasteiger partial charge in [0.25, 0.3) is 0 Å². The van der Waals surface area contributed by atoms with Crippen molar-refractivity contribution in [3.63, 3.8) is 0 Å². The zero-order valence-corrected chi connectivity index (χ0v) is 21.5. The van der Waals surface area contributed by atoms with Gasteiger partial charge in [0.15, 0.2) is 5.69 Å². The highest BCUT2D eigenvalue weighted by molar-refractivity contribution is 6.11. The molecule has 0 saturated heterocycles. The van der Waals surface area contributed by atoms with E-state index in [-0.39, 0.29) is 0 Å². The Morgan fingerprint density at radius 2 is 1.23 bits per heavy atom. The molecular weight excluding hydrogens is 488 g/mol. The molecule has 0 unspecified atom stereocenters. The van der Waals surface area contributed by atoms with Crippen LogP contribution in [0.5, 0.6) is 0 Å². The first-order valence-electron chi connectivity index (χ1n) is 13.3. The molecule has 0 bridgehead atoms. The van der Waals surface area contributed by atoms with Crippen molar-refractivity contribution in [2.24, 2.45) is 0 Å².